The number of nitro groups is 1. The molecule has 21 heavy (non-hydrogen) atoms. The zero-order valence-corrected chi connectivity index (χ0v) is 11.1. The topological polar surface area (TPSA) is 109 Å². The Labute approximate surface area is 120 Å². The molecular formula is C14H11N3O4. The fourth-order valence-electron chi connectivity index (χ4n) is 1.67. The number of hydrogen-bond donors (Lipinski definition) is 1. The molecule has 0 saturated heterocycles. The summed E-state index contributed by atoms with van der Waals surface area (Å²) in [5.74, 6) is 0.107. The van der Waals surface area contributed by atoms with Gasteiger partial charge >= 0.3 is 5.69 Å². The summed E-state index contributed by atoms with van der Waals surface area (Å²) in [6, 6.07) is 8.83. The second-order valence-electron chi connectivity index (χ2n) is 4.26. The van der Waals surface area contributed by atoms with Crippen molar-refractivity contribution in [1.82, 2.24) is 4.98 Å². The van der Waals surface area contributed by atoms with Crippen molar-refractivity contribution < 1.29 is 14.8 Å². The standard InChI is InChI=1S/C14H11N3O4/c1-9(18)11-4-5-16-14(7-11)21-13-3-2-10(8-15)6-12(13)17(19)20/h2-7,9,18H,1H3. The highest BCUT2D eigenvalue weighted by atomic mass is 16.6. The van der Waals surface area contributed by atoms with Crippen molar-refractivity contribution in [3.8, 4) is 17.7 Å². The van der Waals surface area contributed by atoms with E-state index in [0.717, 1.165) is 6.07 Å². The molecule has 0 aliphatic carbocycles. The molecule has 1 atom stereocenters. The Balaban J connectivity index is 2.38. The van der Waals surface area contributed by atoms with Crippen molar-refractivity contribution in [1.29, 1.82) is 5.26 Å². The van der Waals surface area contributed by atoms with E-state index in [-0.39, 0.29) is 22.9 Å². The number of aliphatic hydroxyl groups excluding tert-OH is 1. The Bertz CT molecular complexity index is 722. The summed E-state index contributed by atoms with van der Waals surface area (Å²) < 4.78 is 5.39. The number of hydrogen-bond acceptors (Lipinski definition) is 6. The lowest BCUT2D eigenvalue weighted by atomic mass is 10.2. The number of aliphatic hydroxyl groups is 1. The molecule has 1 unspecified atom stereocenters. The van der Waals surface area contributed by atoms with Gasteiger partial charge in [0.15, 0.2) is 0 Å². The molecule has 7 nitrogen and oxygen atoms in total. The summed E-state index contributed by atoms with van der Waals surface area (Å²) >= 11 is 0. The van der Waals surface area contributed by atoms with Crippen LogP contribution < -0.4 is 4.74 Å². The van der Waals surface area contributed by atoms with Gasteiger partial charge in [-0.3, -0.25) is 10.1 Å². The maximum Gasteiger partial charge on any atom is 0.312 e. The third kappa shape index (κ3) is 3.32. The van der Waals surface area contributed by atoms with Gasteiger partial charge < -0.3 is 9.84 Å². The van der Waals surface area contributed by atoms with Crippen molar-refractivity contribution in [3.63, 3.8) is 0 Å². The Morgan fingerprint density at radius 1 is 1.43 bits per heavy atom. The van der Waals surface area contributed by atoms with Crippen LogP contribution in [0.1, 0.15) is 24.2 Å². The highest BCUT2D eigenvalue weighted by Gasteiger charge is 2.17. The van der Waals surface area contributed by atoms with Crippen molar-refractivity contribution in [2.45, 2.75) is 13.0 Å². The lowest BCUT2D eigenvalue weighted by Gasteiger charge is -2.08. The van der Waals surface area contributed by atoms with Crippen LogP contribution in [0, 0.1) is 21.4 Å². The van der Waals surface area contributed by atoms with Crippen LogP contribution in [0.3, 0.4) is 0 Å². The number of nitro benzene ring substituents is 1. The van der Waals surface area contributed by atoms with E-state index in [2.05, 4.69) is 4.98 Å². The molecular weight excluding hydrogens is 274 g/mol. The molecule has 1 aromatic carbocycles. The van der Waals surface area contributed by atoms with E-state index < -0.39 is 11.0 Å². The van der Waals surface area contributed by atoms with Gasteiger partial charge in [0.1, 0.15) is 0 Å². The molecule has 1 aromatic heterocycles. The largest absolute Gasteiger partial charge is 0.432 e. The summed E-state index contributed by atoms with van der Waals surface area (Å²) in [6.45, 7) is 1.59. The number of ether oxygens (including phenoxy) is 1. The third-order valence-electron chi connectivity index (χ3n) is 2.74. The normalized spacial score (nSPS) is 11.5. The van der Waals surface area contributed by atoms with Crippen LogP contribution in [-0.4, -0.2) is 15.0 Å². The molecule has 0 bridgehead atoms. The first kappa shape index (κ1) is 14.4. The number of nitriles is 1. The van der Waals surface area contributed by atoms with E-state index in [4.69, 9.17) is 10.00 Å². The van der Waals surface area contributed by atoms with Gasteiger partial charge in [-0.15, -0.1) is 0 Å². The molecule has 1 N–H and O–H groups in total. The second-order valence-corrected chi connectivity index (χ2v) is 4.26. The molecule has 7 heteroatoms. The maximum absolute atomic E-state index is 11.0. The molecule has 106 valence electrons. The van der Waals surface area contributed by atoms with Crippen LogP contribution in [0.2, 0.25) is 0 Å². The van der Waals surface area contributed by atoms with Gasteiger partial charge in [-0.1, -0.05) is 0 Å². The van der Waals surface area contributed by atoms with Crippen LogP contribution >= 0.6 is 0 Å². The summed E-state index contributed by atoms with van der Waals surface area (Å²) in [7, 11) is 0. The van der Waals surface area contributed by atoms with Gasteiger partial charge in [-0.25, -0.2) is 4.98 Å². The molecule has 0 aliphatic heterocycles. The predicted octanol–water partition coefficient (Wildman–Crippen LogP) is 2.71. The minimum Gasteiger partial charge on any atom is -0.432 e. The highest BCUT2D eigenvalue weighted by molar-refractivity contribution is 5.52. The van der Waals surface area contributed by atoms with E-state index in [1.54, 1.807) is 13.0 Å². The average molecular weight is 285 g/mol. The second kappa shape index (κ2) is 5.98. The molecule has 2 rings (SSSR count). The first-order chi connectivity index (χ1) is 10.0. The molecule has 0 amide bonds. The summed E-state index contributed by atoms with van der Waals surface area (Å²) in [6.07, 6.45) is 0.735. The molecule has 2 aromatic rings. The average Bonchev–Trinajstić information content (AvgIpc) is 2.47. The van der Waals surface area contributed by atoms with E-state index in [9.17, 15) is 15.2 Å². The van der Waals surface area contributed by atoms with Gasteiger partial charge in [0.25, 0.3) is 0 Å². The van der Waals surface area contributed by atoms with Crippen molar-refractivity contribution in [3.05, 3.63) is 57.8 Å². The van der Waals surface area contributed by atoms with Crippen LogP contribution in [0.5, 0.6) is 11.6 Å². The predicted molar refractivity (Wildman–Crippen MR) is 72.8 cm³/mol. The Hall–Kier alpha value is -2.98. The van der Waals surface area contributed by atoms with E-state index in [1.165, 1.54) is 24.4 Å². The highest BCUT2D eigenvalue weighted by Crippen LogP contribution is 2.31. The van der Waals surface area contributed by atoms with E-state index in [1.807, 2.05) is 6.07 Å². The Morgan fingerprint density at radius 2 is 2.19 bits per heavy atom. The molecule has 0 fully saturated rings. The number of pyridine rings is 1. The number of aromatic nitrogens is 1. The Kier molecular flexibility index (Phi) is 4.11. The van der Waals surface area contributed by atoms with Gasteiger partial charge in [0, 0.05) is 18.3 Å². The van der Waals surface area contributed by atoms with Gasteiger partial charge in [0.2, 0.25) is 11.6 Å². The van der Waals surface area contributed by atoms with E-state index >= 15 is 0 Å². The van der Waals surface area contributed by atoms with Gasteiger partial charge in [-0.05, 0) is 30.7 Å². The van der Waals surface area contributed by atoms with Crippen molar-refractivity contribution >= 4 is 5.69 Å². The zero-order chi connectivity index (χ0) is 15.4. The number of rotatable bonds is 4. The molecule has 0 radical (unpaired) electrons. The quantitative estimate of drug-likeness (QED) is 0.683. The fourth-order valence-corrected chi connectivity index (χ4v) is 1.67. The fraction of sp³-hybridized carbons (Fsp3) is 0.143. The summed E-state index contributed by atoms with van der Waals surface area (Å²) in [4.78, 5) is 14.3. The number of nitrogens with zero attached hydrogens (tertiary/aromatic N) is 3. The minimum absolute atomic E-state index is 0.0192. The zero-order valence-electron chi connectivity index (χ0n) is 11.1. The summed E-state index contributed by atoms with van der Waals surface area (Å²) in [5, 5.41) is 29.3. The smallest absolute Gasteiger partial charge is 0.312 e. The lowest BCUT2D eigenvalue weighted by Crippen LogP contribution is -1.97. The SMILES string of the molecule is CC(O)c1ccnc(Oc2ccc(C#N)cc2[N+](=O)[O-])c1. The molecule has 0 spiro atoms. The summed E-state index contributed by atoms with van der Waals surface area (Å²) in [5.41, 5.74) is 0.425. The van der Waals surface area contributed by atoms with Gasteiger partial charge in [-0.2, -0.15) is 5.26 Å². The molecule has 0 saturated carbocycles. The first-order valence-corrected chi connectivity index (χ1v) is 6.01. The first-order valence-electron chi connectivity index (χ1n) is 6.01. The lowest BCUT2D eigenvalue weighted by molar-refractivity contribution is -0.385. The molecule has 1 heterocycles. The van der Waals surface area contributed by atoms with Gasteiger partial charge in [0.05, 0.1) is 22.7 Å². The monoisotopic (exact) mass is 285 g/mol. The third-order valence-corrected chi connectivity index (χ3v) is 2.74. The molecule has 0 aliphatic rings. The number of benzene rings is 1. The van der Waals surface area contributed by atoms with Crippen LogP contribution in [-0.2, 0) is 0 Å². The van der Waals surface area contributed by atoms with Crippen molar-refractivity contribution in [2.75, 3.05) is 0 Å². The van der Waals surface area contributed by atoms with Crippen molar-refractivity contribution in [2.24, 2.45) is 0 Å². The maximum atomic E-state index is 11.0. The van der Waals surface area contributed by atoms with E-state index in [0.29, 0.717) is 5.56 Å². The van der Waals surface area contributed by atoms with Crippen LogP contribution in [0.4, 0.5) is 5.69 Å². The minimum atomic E-state index is -0.702. The Morgan fingerprint density at radius 3 is 2.81 bits per heavy atom. The van der Waals surface area contributed by atoms with Crippen LogP contribution in [0.15, 0.2) is 36.5 Å². The van der Waals surface area contributed by atoms with Crippen LogP contribution in [0.25, 0.3) is 0 Å².